The first-order valence-corrected chi connectivity index (χ1v) is 8.02. The second-order valence-corrected chi connectivity index (χ2v) is 6.22. The zero-order valence-electron chi connectivity index (χ0n) is 13.6. The lowest BCUT2D eigenvalue weighted by atomic mass is 9.89. The van der Waals surface area contributed by atoms with Crippen molar-refractivity contribution in [3.63, 3.8) is 0 Å². The molecule has 2 aromatic rings. The molecule has 2 aromatic carbocycles. The van der Waals surface area contributed by atoms with E-state index in [1.165, 1.54) is 17.0 Å². The van der Waals surface area contributed by atoms with Crippen LogP contribution in [0, 0.1) is 5.92 Å². The van der Waals surface area contributed by atoms with E-state index in [-0.39, 0.29) is 13.1 Å². The minimum atomic E-state index is -4.66. The van der Waals surface area contributed by atoms with Crippen molar-refractivity contribution < 1.29 is 27.9 Å². The van der Waals surface area contributed by atoms with Gasteiger partial charge in [-0.2, -0.15) is 13.2 Å². The van der Waals surface area contributed by atoms with Crippen molar-refractivity contribution in [1.82, 2.24) is 4.90 Å². The lowest BCUT2D eigenvalue weighted by Crippen LogP contribution is -2.31. The number of carbonyl (C=O) groups is 2. The first-order chi connectivity index (χ1) is 12.3. The van der Waals surface area contributed by atoms with Crippen LogP contribution >= 0.6 is 0 Å². The molecule has 4 nitrogen and oxygen atoms in total. The van der Waals surface area contributed by atoms with Gasteiger partial charge in [-0.1, -0.05) is 42.5 Å². The van der Waals surface area contributed by atoms with Crippen LogP contribution in [0.25, 0.3) is 0 Å². The molecule has 1 fully saturated rings. The number of carboxylic acids is 1. The van der Waals surface area contributed by atoms with E-state index in [1.54, 1.807) is 30.3 Å². The largest absolute Gasteiger partial charge is 0.481 e. The summed E-state index contributed by atoms with van der Waals surface area (Å²) < 4.78 is 39.5. The first-order valence-electron chi connectivity index (χ1n) is 8.02. The lowest BCUT2D eigenvalue weighted by Gasteiger charge is -2.19. The predicted octanol–water partition coefficient (Wildman–Crippen LogP) is 3.65. The van der Waals surface area contributed by atoms with E-state index >= 15 is 0 Å². The van der Waals surface area contributed by atoms with E-state index in [9.17, 15) is 27.9 Å². The fourth-order valence-electron chi connectivity index (χ4n) is 3.35. The Kier molecular flexibility index (Phi) is 4.71. The number of hydrogen-bond donors (Lipinski definition) is 1. The third-order valence-electron chi connectivity index (χ3n) is 4.61. The molecular weight excluding hydrogens is 347 g/mol. The highest BCUT2D eigenvalue weighted by Crippen LogP contribution is 2.36. The van der Waals surface area contributed by atoms with Gasteiger partial charge in [-0.25, -0.2) is 0 Å². The van der Waals surface area contributed by atoms with E-state index in [0.717, 1.165) is 17.7 Å². The van der Waals surface area contributed by atoms with Gasteiger partial charge in [-0.15, -0.1) is 0 Å². The van der Waals surface area contributed by atoms with Crippen molar-refractivity contribution in [1.29, 1.82) is 0 Å². The number of amides is 1. The van der Waals surface area contributed by atoms with Crippen LogP contribution in [0.15, 0.2) is 54.6 Å². The number of nitrogens with zero attached hydrogens (tertiary/aromatic N) is 1. The first kappa shape index (κ1) is 18.0. The highest BCUT2D eigenvalue weighted by Gasteiger charge is 2.42. The Bertz CT molecular complexity index is 820. The van der Waals surface area contributed by atoms with Crippen LogP contribution in [0.3, 0.4) is 0 Å². The number of hydrogen-bond acceptors (Lipinski definition) is 2. The monoisotopic (exact) mass is 363 g/mol. The molecule has 1 saturated heterocycles. The van der Waals surface area contributed by atoms with Gasteiger partial charge in [0.05, 0.1) is 17.0 Å². The summed E-state index contributed by atoms with van der Waals surface area (Å²) in [6.07, 6.45) is -4.66. The number of benzene rings is 2. The summed E-state index contributed by atoms with van der Waals surface area (Å²) in [5.41, 5.74) is -0.725. The van der Waals surface area contributed by atoms with Crippen molar-refractivity contribution >= 4 is 11.9 Å². The summed E-state index contributed by atoms with van der Waals surface area (Å²) >= 11 is 0. The number of rotatable bonds is 3. The molecule has 0 aromatic heterocycles. The van der Waals surface area contributed by atoms with E-state index in [4.69, 9.17) is 0 Å². The van der Waals surface area contributed by atoms with Crippen LogP contribution in [-0.2, 0) is 11.0 Å². The Morgan fingerprint density at radius 1 is 0.962 bits per heavy atom. The molecule has 0 spiro atoms. The molecule has 0 saturated carbocycles. The minimum Gasteiger partial charge on any atom is -0.481 e. The molecule has 0 aliphatic carbocycles. The van der Waals surface area contributed by atoms with Crippen LogP contribution in [-0.4, -0.2) is 35.0 Å². The van der Waals surface area contributed by atoms with Crippen molar-refractivity contribution in [3.05, 3.63) is 71.3 Å². The zero-order valence-corrected chi connectivity index (χ0v) is 13.6. The molecule has 1 N–H and O–H groups in total. The van der Waals surface area contributed by atoms with Crippen molar-refractivity contribution in [3.8, 4) is 0 Å². The minimum absolute atomic E-state index is 0.0615. The average Bonchev–Trinajstić information content (AvgIpc) is 3.07. The molecule has 136 valence electrons. The summed E-state index contributed by atoms with van der Waals surface area (Å²) in [4.78, 5) is 25.5. The van der Waals surface area contributed by atoms with E-state index in [0.29, 0.717) is 0 Å². The van der Waals surface area contributed by atoms with Crippen LogP contribution in [0.2, 0.25) is 0 Å². The maximum absolute atomic E-state index is 13.2. The number of carbonyl (C=O) groups excluding carboxylic acids is 1. The normalized spacial score (nSPS) is 20.2. The molecule has 2 atom stereocenters. The molecule has 1 amide bonds. The fraction of sp³-hybridized carbons (Fsp3) is 0.263. The smallest absolute Gasteiger partial charge is 0.417 e. The Morgan fingerprint density at radius 2 is 1.58 bits per heavy atom. The predicted molar refractivity (Wildman–Crippen MR) is 87.7 cm³/mol. The zero-order chi connectivity index (χ0) is 18.9. The third-order valence-corrected chi connectivity index (χ3v) is 4.61. The quantitative estimate of drug-likeness (QED) is 0.906. The van der Waals surface area contributed by atoms with Crippen molar-refractivity contribution in [2.24, 2.45) is 5.92 Å². The van der Waals surface area contributed by atoms with Crippen molar-refractivity contribution in [2.75, 3.05) is 13.1 Å². The Labute approximate surface area is 147 Å². The van der Waals surface area contributed by atoms with Gasteiger partial charge in [0.1, 0.15) is 0 Å². The van der Waals surface area contributed by atoms with Gasteiger partial charge in [0.15, 0.2) is 0 Å². The van der Waals surface area contributed by atoms with Gasteiger partial charge in [0.25, 0.3) is 5.91 Å². The van der Waals surface area contributed by atoms with Gasteiger partial charge in [-0.05, 0) is 17.7 Å². The molecular formula is C19H16F3NO3. The molecule has 26 heavy (non-hydrogen) atoms. The standard InChI is InChI=1S/C19H16F3NO3/c20-19(21,22)16-9-5-4-8-13(16)17(24)23-10-14(15(11-23)18(25)26)12-6-2-1-3-7-12/h1-9,14-15H,10-11H2,(H,25,26). The Hall–Kier alpha value is -2.83. The number of likely N-dealkylation sites (tertiary alicyclic amines) is 1. The Morgan fingerprint density at radius 3 is 2.19 bits per heavy atom. The summed E-state index contributed by atoms with van der Waals surface area (Å²) in [7, 11) is 0. The summed E-state index contributed by atoms with van der Waals surface area (Å²) in [6, 6.07) is 13.4. The number of halogens is 3. The van der Waals surface area contributed by atoms with Crippen LogP contribution in [0.5, 0.6) is 0 Å². The SMILES string of the molecule is O=C(O)C1CN(C(=O)c2ccccc2C(F)(F)F)CC1c1ccccc1. The van der Waals surface area contributed by atoms with Crippen molar-refractivity contribution in [2.45, 2.75) is 12.1 Å². The topological polar surface area (TPSA) is 57.6 Å². The maximum atomic E-state index is 13.2. The van der Waals surface area contributed by atoms with Gasteiger partial charge in [0, 0.05) is 19.0 Å². The second-order valence-electron chi connectivity index (χ2n) is 6.22. The van der Waals surface area contributed by atoms with Crippen LogP contribution < -0.4 is 0 Å². The van der Waals surface area contributed by atoms with Gasteiger partial charge in [0.2, 0.25) is 0 Å². The molecule has 7 heteroatoms. The summed E-state index contributed by atoms with van der Waals surface area (Å²) in [6.45, 7) is -0.0636. The highest BCUT2D eigenvalue weighted by molar-refractivity contribution is 5.96. The molecule has 3 rings (SSSR count). The average molecular weight is 363 g/mol. The van der Waals surface area contributed by atoms with Crippen LogP contribution in [0.1, 0.15) is 27.4 Å². The Balaban J connectivity index is 1.92. The molecule has 2 unspecified atom stereocenters. The molecule has 1 aliphatic heterocycles. The lowest BCUT2D eigenvalue weighted by molar-refractivity contribution is -0.141. The van der Waals surface area contributed by atoms with Crippen LogP contribution in [0.4, 0.5) is 13.2 Å². The van der Waals surface area contributed by atoms with E-state index in [1.807, 2.05) is 0 Å². The summed E-state index contributed by atoms with van der Waals surface area (Å²) in [5, 5.41) is 9.48. The second kappa shape index (κ2) is 6.82. The third kappa shape index (κ3) is 3.42. The number of alkyl halides is 3. The molecule has 0 bridgehead atoms. The summed E-state index contributed by atoms with van der Waals surface area (Å²) in [5.74, 6) is -3.20. The van der Waals surface area contributed by atoms with E-state index < -0.39 is 41.0 Å². The number of aliphatic carboxylic acids is 1. The number of carboxylic acid groups (broad SMARTS) is 1. The molecule has 0 radical (unpaired) electrons. The molecule has 1 aliphatic rings. The highest BCUT2D eigenvalue weighted by atomic mass is 19.4. The maximum Gasteiger partial charge on any atom is 0.417 e. The molecule has 1 heterocycles. The van der Waals surface area contributed by atoms with Gasteiger partial charge in [-0.3, -0.25) is 9.59 Å². The van der Waals surface area contributed by atoms with Gasteiger partial charge >= 0.3 is 12.1 Å². The fourth-order valence-corrected chi connectivity index (χ4v) is 3.35. The van der Waals surface area contributed by atoms with Gasteiger partial charge < -0.3 is 10.0 Å². The van der Waals surface area contributed by atoms with E-state index in [2.05, 4.69) is 0 Å².